The third-order valence-electron chi connectivity index (χ3n) is 7.28. The van der Waals surface area contributed by atoms with Gasteiger partial charge in [-0.05, 0) is 75.8 Å². The second-order valence-electron chi connectivity index (χ2n) is 10.2. The molecule has 42 heavy (non-hydrogen) atoms. The first-order valence-electron chi connectivity index (χ1n) is 13.9. The van der Waals surface area contributed by atoms with Crippen molar-refractivity contribution in [3.8, 4) is 0 Å². The highest BCUT2D eigenvalue weighted by atomic mass is 32.2. The lowest BCUT2D eigenvalue weighted by molar-refractivity contribution is 0.0950. The maximum atomic E-state index is 13.1. The molecule has 0 saturated heterocycles. The Morgan fingerprint density at radius 2 is 1.62 bits per heavy atom. The van der Waals surface area contributed by atoms with Gasteiger partial charge in [0.15, 0.2) is 0 Å². The SMILES string of the molecule is Cn1cc(C(=O)c2cccs2)c2cc(C(=O)NCc3ccc4ccc(CNCCSc5ccccc5)cc4c3)ccc21. The molecule has 0 aliphatic heterocycles. The van der Waals surface area contributed by atoms with Gasteiger partial charge in [-0.25, -0.2) is 0 Å². The van der Waals surface area contributed by atoms with Crippen LogP contribution in [0.1, 0.15) is 36.7 Å². The van der Waals surface area contributed by atoms with E-state index in [4.69, 9.17) is 0 Å². The molecule has 0 aliphatic rings. The predicted molar refractivity (Wildman–Crippen MR) is 175 cm³/mol. The number of nitrogens with zero attached hydrogens (tertiary/aromatic N) is 1. The molecule has 0 unspecified atom stereocenters. The molecule has 7 heteroatoms. The molecule has 0 fully saturated rings. The van der Waals surface area contributed by atoms with Crippen LogP contribution in [0.25, 0.3) is 21.7 Å². The number of rotatable bonds is 11. The van der Waals surface area contributed by atoms with E-state index in [1.165, 1.54) is 27.2 Å². The monoisotopic (exact) mass is 589 g/mol. The fourth-order valence-corrected chi connectivity index (χ4v) is 6.60. The maximum Gasteiger partial charge on any atom is 0.251 e. The average Bonchev–Trinajstić information content (AvgIpc) is 3.68. The third-order valence-corrected chi connectivity index (χ3v) is 9.17. The van der Waals surface area contributed by atoms with Gasteiger partial charge in [-0.1, -0.05) is 48.5 Å². The molecule has 5 nitrogen and oxygen atoms in total. The van der Waals surface area contributed by atoms with E-state index < -0.39 is 0 Å². The minimum absolute atomic E-state index is 0.0232. The predicted octanol–water partition coefficient (Wildman–Crippen LogP) is 7.44. The van der Waals surface area contributed by atoms with Crippen molar-refractivity contribution in [1.29, 1.82) is 0 Å². The van der Waals surface area contributed by atoms with E-state index in [0.29, 0.717) is 22.5 Å². The van der Waals surface area contributed by atoms with E-state index in [9.17, 15) is 9.59 Å². The van der Waals surface area contributed by atoms with Crippen molar-refractivity contribution in [3.63, 3.8) is 0 Å². The lowest BCUT2D eigenvalue weighted by atomic mass is 10.0. The Hall–Kier alpha value is -4.17. The van der Waals surface area contributed by atoms with Crippen molar-refractivity contribution >= 4 is 56.5 Å². The largest absolute Gasteiger partial charge is 0.350 e. The number of thiophene rings is 1. The van der Waals surface area contributed by atoms with Crippen LogP contribution in [0.3, 0.4) is 0 Å². The highest BCUT2D eigenvalue weighted by molar-refractivity contribution is 7.99. The molecule has 0 atom stereocenters. The first-order chi connectivity index (χ1) is 20.5. The molecule has 2 heterocycles. The summed E-state index contributed by atoms with van der Waals surface area (Å²) in [4.78, 5) is 28.2. The Morgan fingerprint density at radius 3 is 2.38 bits per heavy atom. The number of ketones is 1. The van der Waals surface area contributed by atoms with E-state index in [0.717, 1.165) is 40.7 Å². The first kappa shape index (κ1) is 28.0. The van der Waals surface area contributed by atoms with Crippen molar-refractivity contribution in [3.05, 3.63) is 136 Å². The van der Waals surface area contributed by atoms with Gasteiger partial charge in [0.1, 0.15) is 0 Å². The van der Waals surface area contributed by atoms with Gasteiger partial charge in [-0.2, -0.15) is 0 Å². The Labute approximate surface area is 253 Å². The average molecular weight is 590 g/mol. The van der Waals surface area contributed by atoms with Crippen LogP contribution in [0, 0.1) is 0 Å². The van der Waals surface area contributed by atoms with Crippen molar-refractivity contribution in [2.45, 2.75) is 18.0 Å². The molecule has 0 bridgehead atoms. The molecular weight excluding hydrogens is 559 g/mol. The number of aromatic nitrogens is 1. The Balaban J connectivity index is 1.09. The zero-order valence-electron chi connectivity index (χ0n) is 23.3. The summed E-state index contributed by atoms with van der Waals surface area (Å²) in [5.41, 5.74) is 4.33. The van der Waals surface area contributed by atoms with Gasteiger partial charge < -0.3 is 15.2 Å². The minimum atomic E-state index is -0.165. The fraction of sp³-hybridized carbons (Fsp3) is 0.143. The van der Waals surface area contributed by atoms with Gasteiger partial charge in [0.05, 0.1) is 4.88 Å². The van der Waals surface area contributed by atoms with Crippen molar-refractivity contribution in [2.75, 3.05) is 12.3 Å². The number of fused-ring (bicyclic) bond motifs is 2. The van der Waals surface area contributed by atoms with Gasteiger partial charge in [0.25, 0.3) is 5.91 Å². The van der Waals surface area contributed by atoms with E-state index in [1.807, 2.05) is 71.4 Å². The Bertz CT molecular complexity index is 1860. The zero-order valence-corrected chi connectivity index (χ0v) is 24.9. The molecule has 210 valence electrons. The number of hydrogen-bond donors (Lipinski definition) is 2. The van der Waals surface area contributed by atoms with Crippen molar-refractivity contribution < 1.29 is 9.59 Å². The zero-order chi connectivity index (χ0) is 28.9. The van der Waals surface area contributed by atoms with Gasteiger partial charge in [0.2, 0.25) is 5.78 Å². The van der Waals surface area contributed by atoms with Crippen LogP contribution in [-0.4, -0.2) is 28.6 Å². The summed E-state index contributed by atoms with van der Waals surface area (Å²) in [6.07, 6.45) is 1.84. The van der Waals surface area contributed by atoms with Crippen LogP contribution in [0.4, 0.5) is 0 Å². The van der Waals surface area contributed by atoms with Crippen molar-refractivity contribution in [1.82, 2.24) is 15.2 Å². The minimum Gasteiger partial charge on any atom is -0.350 e. The van der Waals surface area contributed by atoms with Crippen molar-refractivity contribution in [2.24, 2.45) is 7.05 Å². The fourth-order valence-electron chi connectivity index (χ4n) is 5.10. The number of nitrogens with one attached hydrogen (secondary N) is 2. The Morgan fingerprint density at radius 1 is 0.833 bits per heavy atom. The smallest absolute Gasteiger partial charge is 0.251 e. The number of hydrogen-bond acceptors (Lipinski definition) is 5. The van der Waals surface area contributed by atoms with Gasteiger partial charge in [-0.3, -0.25) is 9.59 Å². The molecule has 0 saturated carbocycles. The number of benzene rings is 4. The van der Waals surface area contributed by atoms with Gasteiger partial charge in [-0.15, -0.1) is 23.1 Å². The highest BCUT2D eigenvalue weighted by Crippen LogP contribution is 2.26. The normalized spacial score (nSPS) is 11.3. The quantitative estimate of drug-likeness (QED) is 0.0937. The molecular formula is C35H31N3O2S2. The number of amides is 1. The first-order valence-corrected chi connectivity index (χ1v) is 15.8. The second kappa shape index (κ2) is 12.8. The summed E-state index contributed by atoms with van der Waals surface area (Å²) in [7, 11) is 1.92. The molecule has 2 aromatic heterocycles. The summed E-state index contributed by atoms with van der Waals surface area (Å²) in [6, 6.07) is 32.5. The summed E-state index contributed by atoms with van der Waals surface area (Å²) < 4.78 is 1.93. The van der Waals surface area contributed by atoms with Crippen LogP contribution in [0.15, 0.2) is 114 Å². The van der Waals surface area contributed by atoms with Crippen LogP contribution < -0.4 is 10.6 Å². The molecule has 0 spiro atoms. The molecule has 6 rings (SSSR count). The van der Waals surface area contributed by atoms with Gasteiger partial charge in [0, 0.05) is 65.6 Å². The second-order valence-corrected chi connectivity index (χ2v) is 12.3. The van der Waals surface area contributed by atoms with E-state index in [1.54, 1.807) is 0 Å². The van der Waals surface area contributed by atoms with Crippen LogP contribution >= 0.6 is 23.1 Å². The summed E-state index contributed by atoms with van der Waals surface area (Å²) in [6.45, 7) is 2.16. The number of carbonyl (C=O) groups excluding carboxylic acids is 2. The van der Waals surface area contributed by atoms with E-state index in [2.05, 4.69) is 71.3 Å². The molecule has 2 N–H and O–H groups in total. The van der Waals surface area contributed by atoms with Gasteiger partial charge >= 0.3 is 0 Å². The molecule has 4 aromatic carbocycles. The van der Waals surface area contributed by atoms with E-state index >= 15 is 0 Å². The lowest BCUT2D eigenvalue weighted by Crippen LogP contribution is -2.22. The summed E-state index contributed by atoms with van der Waals surface area (Å²) in [5.74, 6) is 0.830. The third kappa shape index (κ3) is 6.34. The van der Waals surface area contributed by atoms with E-state index in [-0.39, 0.29) is 11.7 Å². The number of carbonyl (C=O) groups is 2. The lowest BCUT2D eigenvalue weighted by Gasteiger charge is -2.09. The Kier molecular flexibility index (Phi) is 8.51. The maximum absolute atomic E-state index is 13.1. The molecule has 6 aromatic rings. The standard InChI is InChI=1S/C35H31N3O2S2/c1-38-23-31(34(39)33-8-5-16-42-33)30-20-27(13-14-32(30)38)35(40)37-22-25-10-12-26-11-9-24(18-28(26)19-25)21-36-15-17-41-29-6-3-2-4-7-29/h2-14,16,18-20,23,36H,15,17,21-22H2,1H3,(H,37,40). The number of thioether (sulfide) groups is 1. The summed E-state index contributed by atoms with van der Waals surface area (Å²) >= 11 is 3.28. The molecule has 0 aliphatic carbocycles. The highest BCUT2D eigenvalue weighted by Gasteiger charge is 2.18. The molecule has 1 amide bonds. The summed E-state index contributed by atoms with van der Waals surface area (Å²) in [5, 5.41) is 11.6. The number of aryl methyl sites for hydroxylation is 1. The topological polar surface area (TPSA) is 63.1 Å². The van der Waals surface area contributed by atoms with Crippen LogP contribution in [0.2, 0.25) is 0 Å². The van der Waals surface area contributed by atoms with Crippen LogP contribution in [-0.2, 0) is 20.1 Å². The van der Waals surface area contributed by atoms with Crippen LogP contribution in [0.5, 0.6) is 0 Å². The molecule has 0 radical (unpaired) electrons.